The Bertz CT molecular complexity index is 256. The van der Waals surface area contributed by atoms with Gasteiger partial charge in [-0.25, -0.2) is 0 Å². The van der Waals surface area contributed by atoms with Gasteiger partial charge >= 0.3 is 85.5 Å². The van der Waals surface area contributed by atoms with Crippen molar-refractivity contribution in [3.63, 3.8) is 0 Å². The molecular formula is C10H12SSe. The van der Waals surface area contributed by atoms with Crippen LogP contribution in [-0.4, -0.2) is 18.7 Å². The maximum atomic E-state index is 5.29. The SMILES string of the molecule is C[Se]C(=S)C(C)c1ccccc1. The molecule has 1 rings (SSSR count). The third kappa shape index (κ3) is 2.41. The molecule has 0 fully saturated rings. The molecule has 1 aromatic rings. The molecular weight excluding hydrogens is 231 g/mol. The topological polar surface area (TPSA) is 0 Å². The van der Waals surface area contributed by atoms with E-state index < -0.39 is 0 Å². The molecule has 1 atom stereocenters. The zero-order valence-electron chi connectivity index (χ0n) is 7.28. The predicted molar refractivity (Wildman–Crippen MR) is 59.1 cm³/mol. The molecule has 0 aromatic heterocycles. The third-order valence-corrected chi connectivity index (χ3v) is 4.66. The fourth-order valence-corrected chi connectivity index (χ4v) is 2.22. The fraction of sp³-hybridized carbons (Fsp3) is 0.300. The molecule has 0 aliphatic carbocycles. The number of hydrogen-bond acceptors (Lipinski definition) is 1. The van der Waals surface area contributed by atoms with E-state index in [9.17, 15) is 0 Å². The van der Waals surface area contributed by atoms with Gasteiger partial charge in [0.25, 0.3) is 0 Å². The Balaban J connectivity index is 2.78. The second-order valence-electron chi connectivity index (χ2n) is 2.66. The first-order chi connectivity index (χ1) is 5.75. The Morgan fingerprint density at radius 3 is 2.42 bits per heavy atom. The normalized spacial score (nSPS) is 12.5. The number of benzene rings is 1. The molecule has 12 heavy (non-hydrogen) atoms. The van der Waals surface area contributed by atoms with Crippen molar-refractivity contribution in [2.24, 2.45) is 0 Å². The summed E-state index contributed by atoms with van der Waals surface area (Å²) in [5, 5.41) is 0. The molecule has 0 saturated carbocycles. The molecule has 0 bridgehead atoms. The van der Waals surface area contributed by atoms with Gasteiger partial charge in [-0.1, -0.05) is 0 Å². The fourth-order valence-electron chi connectivity index (χ4n) is 1.05. The number of thiocarbonyl (C=S) groups is 1. The number of rotatable bonds is 3. The van der Waals surface area contributed by atoms with Crippen LogP contribution in [0.1, 0.15) is 18.4 Å². The third-order valence-electron chi connectivity index (χ3n) is 1.85. The molecule has 0 N–H and O–H groups in total. The number of hydrogen-bond donors (Lipinski definition) is 0. The predicted octanol–water partition coefficient (Wildman–Crippen LogP) is 2.87. The van der Waals surface area contributed by atoms with Gasteiger partial charge in [0, 0.05) is 0 Å². The summed E-state index contributed by atoms with van der Waals surface area (Å²) in [4.78, 5) is 0. The van der Waals surface area contributed by atoms with E-state index in [1.54, 1.807) is 0 Å². The first kappa shape index (κ1) is 9.91. The van der Waals surface area contributed by atoms with E-state index in [0.717, 1.165) is 0 Å². The summed E-state index contributed by atoms with van der Waals surface area (Å²) in [5.74, 6) is 2.63. The molecule has 0 spiro atoms. The molecule has 1 unspecified atom stereocenters. The molecule has 0 heterocycles. The average molecular weight is 243 g/mol. The summed E-state index contributed by atoms with van der Waals surface area (Å²) in [7, 11) is 0. The van der Waals surface area contributed by atoms with E-state index in [2.05, 4.69) is 37.0 Å². The van der Waals surface area contributed by atoms with E-state index in [4.69, 9.17) is 12.2 Å². The summed E-state index contributed by atoms with van der Waals surface area (Å²) in [6, 6.07) is 10.5. The molecule has 0 amide bonds. The van der Waals surface area contributed by atoms with Crippen molar-refractivity contribution >= 4 is 30.9 Å². The van der Waals surface area contributed by atoms with Gasteiger partial charge in [0.15, 0.2) is 0 Å². The molecule has 0 aliphatic heterocycles. The molecule has 2 heteroatoms. The molecule has 0 aliphatic rings. The summed E-state index contributed by atoms with van der Waals surface area (Å²) < 4.78 is 1.20. The van der Waals surface area contributed by atoms with Crippen LogP contribution in [0.25, 0.3) is 0 Å². The summed E-state index contributed by atoms with van der Waals surface area (Å²) >= 11 is 5.78. The first-order valence-electron chi connectivity index (χ1n) is 3.88. The Hall–Kier alpha value is -0.171. The molecule has 0 radical (unpaired) electrons. The zero-order valence-corrected chi connectivity index (χ0v) is 9.81. The Morgan fingerprint density at radius 1 is 1.33 bits per heavy atom. The van der Waals surface area contributed by atoms with Gasteiger partial charge in [-0.2, -0.15) is 0 Å². The Kier molecular flexibility index (Phi) is 3.93. The van der Waals surface area contributed by atoms with Crippen LogP contribution in [0.15, 0.2) is 30.3 Å². The van der Waals surface area contributed by atoms with Gasteiger partial charge in [0.1, 0.15) is 0 Å². The van der Waals surface area contributed by atoms with Crippen LogP contribution in [0.4, 0.5) is 0 Å². The van der Waals surface area contributed by atoms with Crippen molar-refractivity contribution in [1.82, 2.24) is 0 Å². The van der Waals surface area contributed by atoms with E-state index >= 15 is 0 Å². The Labute approximate surface area is 85.5 Å². The molecule has 0 nitrogen and oxygen atoms in total. The van der Waals surface area contributed by atoms with Crippen molar-refractivity contribution in [3.8, 4) is 0 Å². The van der Waals surface area contributed by atoms with Crippen LogP contribution in [0.3, 0.4) is 0 Å². The second-order valence-corrected chi connectivity index (χ2v) is 5.46. The first-order valence-corrected chi connectivity index (χ1v) is 6.86. The van der Waals surface area contributed by atoms with Crippen LogP contribution in [0.2, 0.25) is 5.82 Å². The van der Waals surface area contributed by atoms with E-state index in [1.807, 2.05) is 6.07 Å². The van der Waals surface area contributed by atoms with Crippen molar-refractivity contribution < 1.29 is 0 Å². The van der Waals surface area contributed by atoms with Gasteiger partial charge in [0.05, 0.1) is 0 Å². The molecule has 64 valence electrons. The summed E-state index contributed by atoms with van der Waals surface area (Å²) in [5.41, 5.74) is 1.34. The monoisotopic (exact) mass is 244 g/mol. The van der Waals surface area contributed by atoms with Crippen molar-refractivity contribution in [2.75, 3.05) is 0 Å². The molecule has 1 aromatic carbocycles. The van der Waals surface area contributed by atoms with E-state index in [-0.39, 0.29) is 0 Å². The standard InChI is InChI=1S/C10H12SSe/c1-8(10(11)12-2)9-6-4-3-5-7-9/h3-8H,1-2H3. The quantitative estimate of drug-likeness (QED) is 0.581. The Morgan fingerprint density at radius 2 is 1.92 bits per heavy atom. The molecule has 0 saturated heterocycles. The van der Waals surface area contributed by atoms with Crippen molar-refractivity contribution in [2.45, 2.75) is 18.7 Å². The zero-order chi connectivity index (χ0) is 8.97. The van der Waals surface area contributed by atoms with E-state index in [0.29, 0.717) is 20.9 Å². The van der Waals surface area contributed by atoms with Crippen LogP contribution in [0, 0.1) is 0 Å². The van der Waals surface area contributed by atoms with Gasteiger partial charge in [-0.3, -0.25) is 0 Å². The van der Waals surface area contributed by atoms with Crippen LogP contribution in [0.5, 0.6) is 0 Å². The minimum atomic E-state index is 0.450. The maximum absolute atomic E-state index is 5.29. The van der Waals surface area contributed by atoms with Crippen molar-refractivity contribution in [1.29, 1.82) is 0 Å². The van der Waals surface area contributed by atoms with Gasteiger partial charge in [0.2, 0.25) is 0 Å². The second kappa shape index (κ2) is 4.76. The summed E-state index contributed by atoms with van der Waals surface area (Å²) in [6.07, 6.45) is 0. The van der Waals surface area contributed by atoms with Crippen molar-refractivity contribution in [3.05, 3.63) is 35.9 Å². The van der Waals surface area contributed by atoms with Gasteiger partial charge < -0.3 is 0 Å². The van der Waals surface area contributed by atoms with E-state index in [1.165, 1.54) is 9.33 Å². The van der Waals surface area contributed by atoms with Gasteiger partial charge in [-0.05, 0) is 0 Å². The minimum absolute atomic E-state index is 0.450. The van der Waals surface area contributed by atoms with Crippen LogP contribution >= 0.6 is 12.2 Å². The summed E-state index contributed by atoms with van der Waals surface area (Å²) in [6.45, 7) is 2.18. The van der Waals surface area contributed by atoms with Crippen LogP contribution < -0.4 is 0 Å². The van der Waals surface area contributed by atoms with Crippen LogP contribution in [-0.2, 0) is 0 Å². The average Bonchev–Trinajstić information content (AvgIpc) is 2.17. The van der Waals surface area contributed by atoms with Gasteiger partial charge in [-0.15, -0.1) is 0 Å².